The Kier molecular flexibility index (Phi) is 10.2. The Morgan fingerprint density at radius 2 is 1.82 bits per heavy atom. The number of thiazole rings is 1. The van der Waals surface area contributed by atoms with Crippen molar-refractivity contribution in [3.05, 3.63) is 40.7 Å². The van der Waals surface area contributed by atoms with E-state index >= 15 is 0 Å². The molecule has 18 heteroatoms. The van der Waals surface area contributed by atoms with Gasteiger partial charge < -0.3 is 34.6 Å². The van der Waals surface area contributed by atoms with Crippen molar-refractivity contribution in [2.24, 2.45) is 17.8 Å². The van der Waals surface area contributed by atoms with Gasteiger partial charge in [-0.2, -0.15) is 0 Å². The van der Waals surface area contributed by atoms with Gasteiger partial charge in [0.2, 0.25) is 28.6 Å². The van der Waals surface area contributed by atoms with E-state index in [0.29, 0.717) is 49.3 Å². The molecule has 2 aliphatic carbocycles. The van der Waals surface area contributed by atoms with Crippen LogP contribution in [0.15, 0.2) is 35.7 Å². The van der Waals surface area contributed by atoms with Gasteiger partial charge in [0.1, 0.15) is 23.2 Å². The molecule has 3 N–H and O–H groups in total. The van der Waals surface area contributed by atoms with Crippen molar-refractivity contribution < 1.29 is 46.6 Å². The quantitative estimate of drug-likeness (QED) is 0.361. The Bertz CT molecular complexity index is 2110. The summed E-state index contributed by atoms with van der Waals surface area (Å²) in [5.41, 5.74) is -0.979. The molecule has 5 amide bonds. The number of nitrogens with one attached hydrogen (secondary N) is 3. The Balaban J connectivity index is 1.06. The van der Waals surface area contributed by atoms with Crippen molar-refractivity contribution in [3.8, 4) is 22.8 Å². The predicted molar refractivity (Wildman–Crippen MR) is 207 cm³/mol. The monoisotopic (exact) mass is 824 g/mol. The minimum Gasteiger partial charge on any atom is -0.454 e. The van der Waals surface area contributed by atoms with E-state index in [2.05, 4.69) is 20.3 Å². The fourth-order valence-electron chi connectivity index (χ4n) is 8.38. The SMILES string of the molecule is CC(C)(C)OC(=O)N[C@H]1CCCCC/C=C\[C@H]2C[C@@]2(C(=O)NS(=O)(=O)C2CC2)NC(=O)[C@@H]2[C@H]3CN(C(=O)c4nc(-c5ccc6c(c5)OCO6)cs4)C[C@H]3CN2C1=O. The summed E-state index contributed by atoms with van der Waals surface area (Å²) in [7, 11) is -3.92. The van der Waals surface area contributed by atoms with E-state index in [1.54, 1.807) is 37.1 Å². The second-order valence-electron chi connectivity index (χ2n) is 16.9. The molecule has 0 bridgehead atoms. The number of carbonyl (C=O) groups is 5. The summed E-state index contributed by atoms with van der Waals surface area (Å²) >= 11 is 1.20. The number of fused-ring (bicyclic) bond motifs is 5. The number of nitrogens with zero attached hydrogens (tertiary/aromatic N) is 3. The first-order valence-corrected chi connectivity index (χ1v) is 22.0. The van der Waals surface area contributed by atoms with Gasteiger partial charge >= 0.3 is 6.09 Å². The maximum absolute atomic E-state index is 14.7. The van der Waals surface area contributed by atoms with Gasteiger partial charge in [-0.3, -0.25) is 23.9 Å². The summed E-state index contributed by atoms with van der Waals surface area (Å²) in [4.78, 5) is 77.8. The number of ether oxygens (including phenoxy) is 3. The van der Waals surface area contributed by atoms with Crippen LogP contribution in [0.5, 0.6) is 11.5 Å². The van der Waals surface area contributed by atoms with E-state index in [4.69, 9.17) is 14.2 Å². The summed E-state index contributed by atoms with van der Waals surface area (Å²) in [6, 6.07) is 3.33. The lowest BCUT2D eigenvalue weighted by Gasteiger charge is -2.33. The van der Waals surface area contributed by atoms with Gasteiger partial charge in [0.15, 0.2) is 16.5 Å². The molecule has 6 aliphatic rings. The third-order valence-corrected chi connectivity index (χ3v) is 14.2. The first-order chi connectivity index (χ1) is 27.1. The van der Waals surface area contributed by atoms with E-state index < -0.39 is 74.1 Å². The largest absolute Gasteiger partial charge is 0.454 e. The van der Waals surface area contributed by atoms with Crippen LogP contribution in [0.25, 0.3) is 11.3 Å². The molecule has 1 aromatic carbocycles. The minimum absolute atomic E-state index is 0.122. The van der Waals surface area contributed by atoms with E-state index in [9.17, 15) is 32.4 Å². The molecule has 306 valence electrons. The van der Waals surface area contributed by atoms with Gasteiger partial charge in [-0.25, -0.2) is 18.2 Å². The molecule has 4 aliphatic heterocycles. The van der Waals surface area contributed by atoms with Gasteiger partial charge in [-0.05, 0) is 77.5 Å². The number of benzene rings is 1. The fourth-order valence-corrected chi connectivity index (χ4v) is 10.5. The lowest BCUT2D eigenvalue weighted by Crippen LogP contribution is -2.60. The zero-order valence-corrected chi connectivity index (χ0v) is 33.8. The lowest BCUT2D eigenvalue weighted by molar-refractivity contribution is -0.142. The van der Waals surface area contributed by atoms with Crippen molar-refractivity contribution in [1.29, 1.82) is 0 Å². The third-order valence-electron chi connectivity index (χ3n) is 11.5. The average Bonchev–Trinajstić information content (AvgIpc) is 3.83. The van der Waals surface area contributed by atoms with Crippen molar-refractivity contribution in [2.45, 2.75) is 101 Å². The van der Waals surface area contributed by atoms with Crippen LogP contribution in [0.2, 0.25) is 0 Å². The molecule has 6 atom stereocenters. The zero-order valence-electron chi connectivity index (χ0n) is 32.2. The molecule has 2 saturated heterocycles. The maximum Gasteiger partial charge on any atom is 0.408 e. The van der Waals surface area contributed by atoms with Crippen LogP contribution in [0.1, 0.15) is 81.9 Å². The number of carbonyl (C=O) groups excluding carboxylic acids is 5. The van der Waals surface area contributed by atoms with Crippen molar-refractivity contribution in [2.75, 3.05) is 26.4 Å². The van der Waals surface area contributed by atoms with E-state index in [1.807, 2.05) is 24.3 Å². The Labute approximate surface area is 335 Å². The Morgan fingerprint density at radius 3 is 2.60 bits per heavy atom. The van der Waals surface area contributed by atoms with E-state index in [0.717, 1.165) is 18.4 Å². The number of aromatic nitrogens is 1. The van der Waals surface area contributed by atoms with Crippen LogP contribution >= 0.6 is 11.3 Å². The summed E-state index contributed by atoms with van der Waals surface area (Å²) in [5, 5.41) is 7.09. The maximum atomic E-state index is 14.7. The van der Waals surface area contributed by atoms with Crippen molar-refractivity contribution >= 4 is 51.1 Å². The average molecular weight is 825 g/mol. The molecule has 0 unspecified atom stereocenters. The van der Waals surface area contributed by atoms with Gasteiger partial charge in [-0.1, -0.05) is 25.0 Å². The second-order valence-corrected chi connectivity index (χ2v) is 19.7. The number of allylic oxidation sites excluding steroid dienone is 1. The van der Waals surface area contributed by atoms with Crippen LogP contribution in [-0.2, 0) is 29.1 Å². The molecule has 57 heavy (non-hydrogen) atoms. The van der Waals surface area contributed by atoms with Crippen LogP contribution < -0.4 is 24.8 Å². The highest BCUT2D eigenvalue weighted by molar-refractivity contribution is 7.91. The molecule has 0 radical (unpaired) electrons. The van der Waals surface area contributed by atoms with Crippen LogP contribution in [-0.4, -0.2) is 108 Å². The fraction of sp³-hybridized carbons (Fsp3) is 0.590. The summed E-state index contributed by atoms with van der Waals surface area (Å²) < 4.78 is 44.5. The van der Waals surface area contributed by atoms with Gasteiger partial charge in [0.25, 0.3) is 11.8 Å². The molecule has 8 rings (SSSR count). The number of alkyl carbamates (subject to hydrolysis) is 1. The summed E-state index contributed by atoms with van der Waals surface area (Å²) in [6.07, 6.45) is 7.33. The highest BCUT2D eigenvalue weighted by atomic mass is 32.2. The Hall–Kier alpha value is -4.71. The minimum atomic E-state index is -3.92. The first kappa shape index (κ1) is 39.1. The first-order valence-electron chi connectivity index (χ1n) is 19.6. The van der Waals surface area contributed by atoms with E-state index in [1.165, 1.54) is 16.2 Å². The highest BCUT2D eigenvalue weighted by Crippen LogP contribution is 2.47. The number of likely N-dealkylation sites (tertiary alicyclic amines) is 1. The smallest absolute Gasteiger partial charge is 0.408 e. The summed E-state index contributed by atoms with van der Waals surface area (Å²) in [5.74, 6) is -2.24. The van der Waals surface area contributed by atoms with Crippen LogP contribution in [0.3, 0.4) is 0 Å². The molecule has 16 nitrogen and oxygen atoms in total. The van der Waals surface area contributed by atoms with Gasteiger partial charge in [-0.15, -0.1) is 11.3 Å². The molecule has 0 spiro atoms. The topological polar surface area (TPSA) is 203 Å². The van der Waals surface area contributed by atoms with Crippen molar-refractivity contribution in [3.63, 3.8) is 0 Å². The molecule has 4 fully saturated rings. The number of amides is 5. The van der Waals surface area contributed by atoms with E-state index in [-0.39, 0.29) is 49.7 Å². The lowest BCUT2D eigenvalue weighted by atomic mass is 9.93. The summed E-state index contributed by atoms with van der Waals surface area (Å²) in [6.45, 7) is 5.81. The zero-order chi connectivity index (χ0) is 40.3. The second kappa shape index (κ2) is 14.9. The molecular weight excluding hydrogens is 777 g/mol. The number of hydrogen-bond acceptors (Lipinski definition) is 12. The standard InChI is InChI=1S/C39H48N6O10S2/c1-38(2,3)55-37(50)41-27-10-8-6-4-5-7-9-24-16-39(24,36(49)43-57(51,52)25-12-13-25)42-32(46)31-26-19-44(17-23(26)18-45(31)34(27)47)35(48)33-40-28(20-56-33)22-11-14-29-30(15-22)54-21-53-29/h7,9,11,14-15,20,23-27,31H,4-6,8,10,12-13,16-19,21H2,1-3H3,(H,41,50)(H,42,46)(H,43,49)/b9-7-/t23-,24-,26-,27-,31-,39+/m0/s1. The van der Waals surface area contributed by atoms with Crippen molar-refractivity contribution in [1.82, 2.24) is 30.1 Å². The molecule has 2 aromatic rings. The number of rotatable bonds is 6. The van der Waals surface area contributed by atoms with Gasteiger partial charge in [0.05, 0.1) is 10.9 Å². The number of sulfonamides is 1. The molecular formula is C39H48N6O10S2. The third kappa shape index (κ3) is 8.07. The Morgan fingerprint density at radius 1 is 1.04 bits per heavy atom. The predicted octanol–water partition coefficient (Wildman–Crippen LogP) is 3.33. The number of hydrogen-bond donors (Lipinski definition) is 3. The molecule has 2 saturated carbocycles. The highest BCUT2D eigenvalue weighted by Gasteiger charge is 2.63. The van der Waals surface area contributed by atoms with Gasteiger partial charge in [0, 0.05) is 48.3 Å². The van der Waals surface area contributed by atoms with Crippen LogP contribution in [0.4, 0.5) is 4.79 Å². The molecule has 1 aromatic heterocycles. The normalized spacial score (nSPS) is 29.2. The van der Waals surface area contributed by atoms with Crippen LogP contribution in [0, 0.1) is 17.8 Å². The molecule has 5 heterocycles.